The van der Waals surface area contributed by atoms with Crippen molar-refractivity contribution in [2.24, 2.45) is 0 Å². The molecule has 0 fully saturated rings. The highest BCUT2D eigenvalue weighted by molar-refractivity contribution is 6.47. The molecule has 1 heterocycles. The Balaban J connectivity index is 2.00. The van der Waals surface area contributed by atoms with Crippen LogP contribution in [-0.2, 0) is 16.0 Å². The van der Waals surface area contributed by atoms with Gasteiger partial charge in [-0.3, -0.25) is 4.79 Å². The van der Waals surface area contributed by atoms with E-state index >= 15 is 0 Å². The molecule has 0 unspecified atom stereocenters. The van der Waals surface area contributed by atoms with Crippen molar-refractivity contribution < 1.29 is 32.8 Å². The molecule has 28 heavy (non-hydrogen) atoms. The highest BCUT2D eigenvalue weighted by Gasteiger charge is 2.38. The van der Waals surface area contributed by atoms with Crippen LogP contribution < -0.4 is 4.65 Å². The van der Waals surface area contributed by atoms with Gasteiger partial charge >= 0.3 is 13.1 Å². The summed E-state index contributed by atoms with van der Waals surface area (Å²) in [5, 5.41) is 10.3. The number of para-hydroxylation sites is 1. The third-order valence-corrected chi connectivity index (χ3v) is 4.75. The molecular weight excluding hydrogens is 369 g/mol. The van der Waals surface area contributed by atoms with E-state index in [1.54, 1.807) is 18.2 Å². The maximum absolute atomic E-state index is 12.9. The largest absolute Gasteiger partial charge is 0.535 e. The number of carbonyl (C=O) groups excluding carboxylic acids is 2. The standard InChI is InChI=1S/C20H27BF2O5/c1-3-4-5-11-27-19(25)17-8-6-7-14-12-15(21(26)28-18(14)17)13-16(24)9-10-20(2,22)23/h6-8,15,26H,3-5,9-13H2,1-2H3/t15-/m1/s1. The number of rotatable bonds is 10. The van der Waals surface area contributed by atoms with Crippen molar-refractivity contribution in [2.75, 3.05) is 6.61 Å². The van der Waals surface area contributed by atoms with Crippen LogP contribution >= 0.6 is 0 Å². The van der Waals surface area contributed by atoms with E-state index in [4.69, 9.17) is 9.39 Å². The van der Waals surface area contributed by atoms with E-state index in [0.717, 1.165) is 26.2 Å². The molecule has 5 nitrogen and oxygen atoms in total. The summed E-state index contributed by atoms with van der Waals surface area (Å²) in [6.07, 6.45) is 2.27. The van der Waals surface area contributed by atoms with Crippen molar-refractivity contribution in [3.05, 3.63) is 29.3 Å². The molecule has 154 valence electrons. The van der Waals surface area contributed by atoms with Crippen LogP contribution in [0.25, 0.3) is 0 Å². The summed E-state index contributed by atoms with van der Waals surface area (Å²) in [5.41, 5.74) is 0.926. The quantitative estimate of drug-likeness (QED) is 0.364. The second kappa shape index (κ2) is 10.0. The van der Waals surface area contributed by atoms with Crippen molar-refractivity contribution in [3.63, 3.8) is 0 Å². The predicted octanol–water partition coefficient (Wildman–Crippen LogP) is 4.21. The van der Waals surface area contributed by atoms with Crippen LogP contribution in [0.3, 0.4) is 0 Å². The Labute approximate surface area is 164 Å². The van der Waals surface area contributed by atoms with Gasteiger partial charge in [0.1, 0.15) is 17.1 Å². The monoisotopic (exact) mass is 396 g/mol. The summed E-state index contributed by atoms with van der Waals surface area (Å²) >= 11 is 0. The third kappa shape index (κ3) is 6.58. The van der Waals surface area contributed by atoms with Gasteiger partial charge in [-0.15, -0.1) is 0 Å². The van der Waals surface area contributed by atoms with Gasteiger partial charge in [0.2, 0.25) is 5.92 Å². The molecule has 2 rings (SSSR count). The number of hydrogen-bond acceptors (Lipinski definition) is 5. The van der Waals surface area contributed by atoms with Crippen LogP contribution in [0.1, 0.15) is 68.3 Å². The lowest BCUT2D eigenvalue weighted by molar-refractivity contribution is -0.121. The van der Waals surface area contributed by atoms with E-state index in [1.807, 2.05) is 0 Å². The molecule has 0 amide bonds. The van der Waals surface area contributed by atoms with E-state index in [9.17, 15) is 23.4 Å². The Morgan fingerprint density at radius 1 is 1.36 bits per heavy atom. The molecule has 1 atom stereocenters. The maximum Gasteiger partial charge on any atom is 0.526 e. The minimum atomic E-state index is -2.89. The van der Waals surface area contributed by atoms with Gasteiger partial charge in [0, 0.05) is 25.1 Å². The van der Waals surface area contributed by atoms with Crippen LogP contribution in [-0.4, -0.2) is 36.4 Å². The molecule has 0 aromatic heterocycles. The first-order chi connectivity index (χ1) is 13.2. The fourth-order valence-corrected chi connectivity index (χ4v) is 3.17. The number of fused-ring (bicyclic) bond motifs is 1. The number of Topliss-reactive ketones (excluding diaryl/α,β-unsaturated/α-hetero) is 1. The summed E-state index contributed by atoms with van der Waals surface area (Å²) in [5.74, 6) is -4.03. The van der Waals surface area contributed by atoms with Gasteiger partial charge in [-0.25, -0.2) is 13.6 Å². The lowest BCUT2D eigenvalue weighted by Crippen LogP contribution is -2.36. The van der Waals surface area contributed by atoms with Crippen molar-refractivity contribution >= 4 is 18.9 Å². The number of esters is 1. The zero-order chi connectivity index (χ0) is 20.7. The molecule has 1 aromatic rings. The third-order valence-electron chi connectivity index (χ3n) is 4.75. The highest BCUT2D eigenvalue weighted by Crippen LogP contribution is 2.37. The summed E-state index contributed by atoms with van der Waals surface area (Å²) in [6.45, 7) is 3.15. The first kappa shape index (κ1) is 22.3. The number of carbonyl (C=O) groups is 2. The molecule has 8 heteroatoms. The molecular formula is C20H27BF2O5. The smallest absolute Gasteiger partial charge is 0.526 e. The first-order valence-corrected chi connectivity index (χ1v) is 9.74. The zero-order valence-electron chi connectivity index (χ0n) is 16.4. The summed E-state index contributed by atoms with van der Waals surface area (Å²) in [4.78, 5) is 24.3. The first-order valence-electron chi connectivity index (χ1n) is 9.74. The molecule has 1 aliphatic heterocycles. The van der Waals surface area contributed by atoms with Crippen LogP contribution in [0.5, 0.6) is 5.75 Å². The number of unbranched alkanes of at least 4 members (excludes halogenated alkanes) is 2. The van der Waals surface area contributed by atoms with Gasteiger partial charge in [0.25, 0.3) is 0 Å². The van der Waals surface area contributed by atoms with E-state index in [-0.39, 0.29) is 29.9 Å². The average molecular weight is 396 g/mol. The van der Waals surface area contributed by atoms with Crippen LogP contribution in [0.4, 0.5) is 8.78 Å². The number of alkyl halides is 2. The van der Waals surface area contributed by atoms with Crippen molar-refractivity contribution in [3.8, 4) is 5.75 Å². The van der Waals surface area contributed by atoms with Gasteiger partial charge in [0.05, 0.1) is 6.61 Å². The van der Waals surface area contributed by atoms with Gasteiger partial charge in [-0.05, 0) is 31.4 Å². The fraction of sp³-hybridized carbons (Fsp3) is 0.600. The lowest BCUT2D eigenvalue weighted by Gasteiger charge is -2.28. The molecule has 0 spiro atoms. The van der Waals surface area contributed by atoms with Crippen molar-refractivity contribution in [1.82, 2.24) is 0 Å². The molecule has 0 saturated carbocycles. The molecule has 0 aliphatic carbocycles. The minimum absolute atomic E-state index is 0.0532. The van der Waals surface area contributed by atoms with Crippen molar-refractivity contribution in [1.29, 1.82) is 0 Å². The number of halogens is 2. The van der Waals surface area contributed by atoms with E-state index < -0.39 is 31.2 Å². The molecule has 0 bridgehead atoms. The zero-order valence-corrected chi connectivity index (χ0v) is 16.4. The van der Waals surface area contributed by atoms with E-state index in [0.29, 0.717) is 18.6 Å². The topological polar surface area (TPSA) is 72.8 Å². The Morgan fingerprint density at radius 3 is 2.79 bits per heavy atom. The second-order valence-electron chi connectivity index (χ2n) is 7.42. The molecule has 0 saturated heterocycles. The van der Waals surface area contributed by atoms with Gasteiger partial charge in [0.15, 0.2) is 0 Å². The summed E-state index contributed by atoms with van der Waals surface area (Å²) in [7, 11) is -1.28. The number of ketones is 1. The Hall–Kier alpha value is -1.96. The number of benzene rings is 1. The van der Waals surface area contributed by atoms with E-state index in [1.165, 1.54) is 0 Å². The Bertz CT molecular complexity index is 690. The number of hydrogen-bond donors (Lipinski definition) is 1. The number of ether oxygens (including phenoxy) is 1. The molecule has 1 N–H and O–H groups in total. The summed E-state index contributed by atoms with van der Waals surface area (Å²) < 4.78 is 36.6. The molecule has 1 aromatic carbocycles. The van der Waals surface area contributed by atoms with Gasteiger partial charge < -0.3 is 14.4 Å². The van der Waals surface area contributed by atoms with Crippen molar-refractivity contribution in [2.45, 2.75) is 70.5 Å². The van der Waals surface area contributed by atoms with Crippen LogP contribution in [0.2, 0.25) is 5.82 Å². The molecule has 1 aliphatic rings. The van der Waals surface area contributed by atoms with Gasteiger partial charge in [-0.2, -0.15) is 0 Å². The highest BCUT2D eigenvalue weighted by atomic mass is 19.3. The minimum Gasteiger partial charge on any atom is -0.535 e. The fourth-order valence-electron chi connectivity index (χ4n) is 3.17. The lowest BCUT2D eigenvalue weighted by atomic mass is 9.64. The van der Waals surface area contributed by atoms with Crippen LogP contribution in [0, 0.1) is 0 Å². The predicted molar refractivity (Wildman–Crippen MR) is 102 cm³/mol. The summed E-state index contributed by atoms with van der Waals surface area (Å²) in [6, 6.07) is 5.02. The second-order valence-corrected chi connectivity index (χ2v) is 7.42. The normalized spacial score (nSPS) is 16.3. The van der Waals surface area contributed by atoms with E-state index in [2.05, 4.69) is 6.92 Å². The van der Waals surface area contributed by atoms with Gasteiger partial charge in [-0.1, -0.05) is 31.9 Å². The SMILES string of the molecule is CCCCCOC(=O)c1cccc2c1OB(O)[C@@H](CC(=O)CCC(C)(F)F)C2. The Kier molecular flexibility index (Phi) is 7.98. The Morgan fingerprint density at radius 2 is 2.11 bits per heavy atom. The average Bonchev–Trinajstić information content (AvgIpc) is 2.63. The molecule has 0 radical (unpaired) electrons. The van der Waals surface area contributed by atoms with Crippen LogP contribution in [0.15, 0.2) is 18.2 Å². The maximum atomic E-state index is 12.9.